The maximum Gasteiger partial charge on any atom is 0.189 e. The van der Waals surface area contributed by atoms with Crippen molar-refractivity contribution in [2.24, 2.45) is 0 Å². The highest BCUT2D eigenvalue weighted by Crippen LogP contribution is 2.22. The number of rotatable bonds is 4. The van der Waals surface area contributed by atoms with Crippen LogP contribution in [-0.4, -0.2) is 18.5 Å². The van der Waals surface area contributed by atoms with Crippen LogP contribution < -0.4 is 0 Å². The van der Waals surface area contributed by atoms with Crippen LogP contribution in [0.2, 0.25) is 0 Å². The summed E-state index contributed by atoms with van der Waals surface area (Å²) in [4.78, 5) is 12.2. The molecular weight excluding hydrogens is 224 g/mol. The number of carbonyl (C=O) groups is 1. The number of carbonyl (C=O) groups excluding carboxylic acids is 1. The molecule has 0 unspecified atom stereocenters. The fourth-order valence-electron chi connectivity index (χ4n) is 2.94. The van der Waals surface area contributed by atoms with Gasteiger partial charge in [0.25, 0.3) is 0 Å². The van der Waals surface area contributed by atoms with E-state index in [0.717, 1.165) is 29.5 Å². The molecule has 2 nitrogen and oxygen atoms in total. The highest BCUT2D eigenvalue weighted by molar-refractivity contribution is 5.99. The Morgan fingerprint density at radius 3 is 2.28 bits per heavy atom. The van der Waals surface area contributed by atoms with Gasteiger partial charge in [0.2, 0.25) is 0 Å². The Balaban J connectivity index is 2.04. The second-order valence-corrected chi connectivity index (χ2v) is 5.41. The molecule has 1 aliphatic rings. The molecule has 0 heterocycles. The van der Waals surface area contributed by atoms with E-state index in [1.165, 1.54) is 18.4 Å². The lowest BCUT2D eigenvalue weighted by atomic mass is 9.97. The molecule has 0 radical (unpaired) electrons. The van der Waals surface area contributed by atoms with E-state index in [4.69, 9.17) is 4.74 Å². The van der Waals surface area contributed by atoms with E-state index < -0.39 is 0 Å². The SMILES string of the molecule is Cc1cc(C)c(C(=O)COC2CCCC2)c(C)c1. The van der Waals surface area contributed by atoms with E-state index in [0.29, 0.717) is 6.10 Å². The van der Waals surface area contributed by atoms with E-state index in [1.54, 1.807) is 0 Å². The summed E-state index contributed by atoms with van der Waals surface area (Å²) in [7, 11) is 0. The Morgan fingerprint density at radius 1 is 1.17 bits per heavy atom. The van der Waals surface area contributed by atoms with Crippen molar-refractivity contribution in [3.05, 3.63) is 34.4 Å². The van der Waals surface area contributed by atoms with E-state index in [1.807, 2.05) is 13.8 Å². The predicted molar refractivity (Wildman–Crippen MR) is 73.2 cm³/mol. The molecule has 0 bridgehead atoms. The van der Waals surface area contributed by atoms with E-state index in [2.05, 4.69) is 19.1 Å². The van der Waals surface area contributed by atoms with Gasteiger partial charge in [-0.3, -0.25) is 4.79 Å². The second kappa shape index (κ2) is 5.66. The number of hydrogen-bond acceptors (Lipinski definition) is 2. The molecular formula is C16H22O2. The van der Waals surface area contributed by atoms with Crippen LogP contribution in [0.25, 0.3) is 0 Å². The third-order valence-electron chi connectivity index (χ3n) is 3.71. The summed E-state index contributed by atoms with van der Waals surface area (Å²) in [5, 5.41) is 0. The highest BCUT2D eigenvalue weighted by Gasteiger charge is 2.18. The van der Waals surface area contributed by atoms with Gasteiger partial charge in [-0.1, -0.05) is 30.5 Å². The number of hydrogen-bond donors (Lipinski definition) is 0. The molecule has 1 aromatic rings. The van der Waals surface area contributed by atoms with Gasteiger partial charge in [-0.05, 0) is 44.7 Å². The highest BCUT2D eigenvalue weighted by atomic mass is 16.5. The Labute approximate surface area is 109 Å². The Hall–Kier alpha value is -1.15. The first-order chi connectivity index (χ1) is 8.58. The monoisotopic (exact) mass is 246 g/mol. The smallest absolute Gasteiger partial charge is 0.189 e. The number of Topliss-reactive ketones (excluding diaryl/α,β-unsaturated/α-hetero) is 1. The van der Waals surface area contributed by atoms with Crippen molar-refractivity contribution in [1.82, 2.24) is 0 Å². The topological polar surface area (TPSA) is 26.3 Å². The molecule has 1 fully saturated rings. The van der Waals surface area contributed by atoms with Gasteiger partial charge in [0, 0.05) is 5.56 Å². The molecule has 0 saturated heterocycles. The van der Waals surface area contributed by atoms with Crippen molar-refractivity contribution < 1.29 is 9.53 Å². The summed E-state index contributed by atoms with van der Waals surface area (Å²) >= 11 is 0. The number of aryl methyl sites for hydroxylation is 3. The van der Waals surface area contributed by atoms with Gasteiger partial charge in [-0.2, -0.15) is 0 Å². The van der Waals surface area contributed by atoms with Crippen LogP contribution in [-0.2, 0) is 4.74 Å². The van der Waals surface area contributed by atoms with Crippen LogP contribution in [0.1, 0.15) is 52.7 Å². The predicted octanol–water partition coefficient (Wildman–Crippen LogP) is 3.75. The van der Waals surface area contributed by atoms with E-state index >= 15 is 0 Å². The quantitative estimate of drug-likeness (QED) is 0.756. The van der Waals surface area contributed by atoms with Crippen LogP contribution in [0.15, 0.2) is 12.1 Å². The summed E-state index contributed by atoms with van der Waals surface area (Å²) < 4.78 is 5.71. The number of benzene rings is 1. The van der Waals surface area contributed by atoms with E-state index in [9.17, 15) is 4.79 Å². The summed E-state index contributed by atoms with van der Waals surface area (Å²) in [5.74, 6) is 0.122. The average molecular weight is 246 g/mol. The minimum absolute atomic E-state index is 0.122. The van der Waals surface area contributed by atoms with Gasteiger partial charge >= 0.3 is 0 Å². The van der Waals surface area contributed by atoms with Crippen LogP contribution in [0.3, 0.4) is 0 Å². The third kappa shape index (κ3) is 2.99. The summed E-state index contributed by atoms with van der Waals surface area (Å²) in [6.07, 6.45) is 5.00. The first-order valence-electron chi connectivity index (χ1n) is 6.80. The maximum atomic E-state index is 12.2. The molecule has 0 amide bonds. The third-order valence-corrected chi connectivity index (χ3v) is 3.71. The fraction of sp³-hybridized carbons (Fsp3) is 0.562. The Morgan fingerprint density at radius 2 is 1.72 bits per heavy atom. The maximum absolute atomic E-state index is 12.2. The first kappa shape index (κ1) is 13.3. The minimum Gasteiger partial charge on any atom is -0.370 e. The Kier molecular flexibility index (Phi) is 4.18. The standard InChI is InChI=1S/C16H22O2/c1-11-8-12(2)16(13(3)9-11)15(17)10-18-14-6-4-5-7-14/h8-9,14H,4-7,10H2,1-3H3. The van der Waals surface area contributed by atoms with Gasteiger partial charge < -0.3 is 4.74 Å². The van der Waals surface area contributed by atoms with Gasteiger partial charge in [0.05, 0.1) is 6.10 Å². The largest absolute Gasteiger partial charge is 0.370 e. The molecule has 1 aliphatic carbocycles. The zero-order chi connectivity index (χ0) is 13.1. The van der Waals surface area contributed by atoms with Crippen LogP contribution in [0.5, 0.6) is 0 Å². The molecule has 1 aromatic carbocycles. The molecule has 0 aromatic heterocycles. The molecule has 0 N–H and O–H groups in total. The second-order valence-electron chi connectivity index (χ2n) is 5.41. The molecule has 0 atom stereocenters. The van der Waals surface area contributed by atoms with Gasteiger partial charge in [0.15, 0.2) is 5.78 Å². The summed E-state index contributed by atoms with van der Waals surface area (Å²) in [6, 6.07) is 4.13. The number of ether oxygens (including phenoxy) is 1. The molecule has 18 heavy (non-hydrogen) atoms. The van der Waals surface area contributed by atoms with Gasteiger partial charge in [-0.25, -0.2) is 0 Å². The van der Waals surface area contributed by atoms with Crippen molar-refractivity contribution >= 4 is 5.78 Å². The minimum atomic E-state index is 0.122. The van der Waals surface area contributed by atoms with Crippen molar-refractivity contribution in [3.63, 3.8) is 0 Å². The normalized spacial score (nSPS) is 16.2. The van der Waals surface area contributed by atoms with Crippen molar-refractivity contribution in [2.45, 2.75) is 52.6 Å². The van der Waals surface area contributed by atoms with Crippen LogP contribution >= 0.6 is 0 Å². The van der Waals surface area contributed by atoms with Crippen LogP contribution in [0.4, 0.5) is 0 Å². The first-order valence-corrected chi connectivity index (χ1v) is 6.80. The van der Waals surface area contributed by atoms with Crippen molar-refractivity contribution in [3.8, 4) is 0 Å². The molecule has 98 valence electrons. The summed E-state index contributed by atoms with van der Waals surface area (Å²) in [6.45, 7) is 6.30. The lowest BCUT2D eigenvalue weighted by Crippen LogP contribution is -2.17. The van der Waals surface area contributed by atoms with Gasteiger partial charge in [-0.15, -0.1) is 0 Å². The zero-order valence-electron chi connectivity index (χ0n) is 11.6. The van der Waals surface area contributed by atoms with E-state index in [-0.39, 0.29) is 12.4 Å². The summed E-state index contributed by atoms with van der Waals surface area (Å²) in [5.41, 5.74) is 4.18. The molecule has 1 saturated carbocycles. The lowest BCUT2D eigenvalue weighted by molar-refractivity contribution is 0.0481. The molecule has 0 spiro atoms. The Bertz CT molecular complexity index is 419. The van der Waals surface area contributed by atoms with Crippen molar-refractivity contribution in [2.75, 3.05) is 6.61 Å². The fourth-order valence-corrected chi connectivity index (χ4v) is 2.94. The average Bonchev–Trinajstić information content (AvgIpc) is 2.77. The van der Waals surface area contributed by atoms with Gasteiger partial charge in [0.1, 0.15) is 6.61 Å². The van der Waals surface area contributed by atoms with Crippen molar-refractivity contribution in [1.29, 1.82) is 0 Å². The molecule has 0 aliphatic heterocycles. The molecule has 2 rings (SSSR count). The lowest BCUT2D eigenvalue weighted by Gasteiger charge is -2.13. The number of ketones is 1. The zero-order valence-corrected chi connectivity index (χ0v) is 11.6. The van der Waals surface area contributed by atoms with Crippen LogP contribution in [0, 0.1) is 20.8 Å². The molecule has 2 heteroatoms.